The molecule has 0 saturated carbocycles. The van der Waals surface area contributed by atoms with Crippen molar-refractivity contribution in [3.8, 4) is 5.75 Å². The second-order valence-corrected chi connectivity index (χ2v) is 4.90. The van der Waals surface area contributed by atoms with Crippen molar-refractivity contribution in [2.75, 3.05) is 31.8 Å². The van der Waals surface area contributed by atoms with E-state index >= 15 is 0 Å². The second kappa shape index (κ2) is 5.55. The Balaban J connectivity index is 2.14. The van der Waals surface area contributed by atoms with Crippen molar-refractivity contribution in [3.63, 3.8) is 0 Å². The van der Waals surface area contributed by atoms with Crippen LogP contribution in [0.25, 0.3) is 0 Å². The van der Waals surface area contributed by atoms with Gasteiger partial charge in [0.2, 0.25) is 0 Å². The molecule has 16 heavy (non-hydrogen) atoms. The molecule has 1 saturated heterocycles. The van der Waals surface area contributed by atoms with Crippen LogP contribution in [0.1, 0.15) is 12.8 Å². The van der Waals surface area contributed by atoms with E-state index in [0.29, 0.717) is 6.73 Å². The highest BCUT2D eigenvalue weighted by atomic mass is 79.9. The first kappa shape index (κ1) is 11.7. The van der Waals surface area contributed by atoms with Gasteiger partial charge >= 0.3 is 0 Å². The Morgan fingerprint density at radius 1 is 1.31 bits per heavy atom. The number of rotatable bonds is 4. The Hall–Kier alpha value is -0.740. The minimum Gasteiger partial charge on any atom is -0.478 e. The van der Waals surface area contributed by atoms with Crippen molar-refractivity contribution < 1.29 is 4.74 Å². The largest absolute Gasteiger partial charge is 0.478 e. The Morgan fingerprint density at radius 2 is 2.06 bits per heavy atom. The quantitative estimate of drug-likeness (QED) is 0.861. The highest BCUT2D eigenvalue weighted by Crippen LogP contribution is 2.29. The van der Waals surface area contributed by atoms with Gasteiger partial charge in [-0.05, 0) is 32.0 Å². The van der Waals surface area contributed by atoms with E-state index in [1.807, 2.05) is 13.1 Å². The molecule has 4 heteroatoms. The number of hydrogen-bond acceptors (Lipinski definition) is 3. The van der Waals surface area contributed by atoms with Gasteiger partial charge in [0, 0.05) is 29.3 Å². The summed E-state index contributed by atoms with van der Waals surface area (Å²) in [7, 11) is 1.87. The van der Waals surface area contributed by atoms with Crippen molar-refractivity contribution >= 4 is 21.6 Å². The molecule has 88 valence electrons. The van der Waals surface area contributed by atoms with Gasteiger partial charge in [-0.25, -0.2) is 0 Å². The van der Waals surface area contributed by atoms with Gasteiger partial charge in [-0.2, -0.15) is 0 Å². The standard InChI is InChI=1S/C12H17BrN2O/c1-14-9-16-12-7-10(13)6-11(8-12)15-4-2-3-5-15/h6-8,14H,2-5,9H2,1H3. The summed E-state index contributed by atoms with van der Waals surface area (Å²) in [4.78, 5) is 2.40. The van der Waals surface area contributed by atoms with Crippen LogP contribution in [0.2, 0.25) is 0 Å². The van der Waals surface area contributed by atoms with Crippen molar-refractivity contribution in [2.45, 2.75) is 12.8 Å². The number of nitrogens with zero attached hydrogens (tertiary/aromatic N) is 1. The van der Waals surface area contributed by atoms with Gasteiger partial charge in [0.25, 0.3) is 0 Å². The molecule has 0 radical (unpaired) electrons. The summed E-state index contributed by atoms with van der Waals surface area (Å²) in [6.45, 7) is 2.85. The molecule has 0 unspecified atom stereocenters. The second-order valence-electron chi connectivity index (χ2n) is 3.98. The molecule has 0 bridgehead atoms. The van der Waals surface area contributed by atoms with E-state index in [9.17, 15) is 0 Å². The van der Waals surface area contributed by atoms with Gasteiger partial charge in [0.1, 0.15) is 12.5 Å². The Kier molecular flexibility index (Phi) is 4.07. The van der Waals surface area contributed by atoms with E-state index in [1.165, 1.54) is 18.5 Å². The van der Waals surface area contributed by atoms with E-state index < -0.39 is 0 Å². The molecule has 0 atom stereocenters. The first-order chi connectivity index (χ1) is 7.79. The maximum Gasteiger partial charge on any atom is 0.139 e. The SMILES string of the molecule is CNCOc1cc(Br)cc(N2CCCC2)c1. The van der Waals surface area contributed by atoms with Gasteiger partial charge in [-0.1, -0.05) is 15.9 Å². The molecule has 1 aromatic carbocycles. The Bertz CT molecular complexity index is 351. The molecule has 0 aromatic heterocycles. The van der Waals surface area contributed by atoms with E-state index in [1.54, 1.807) is 0 Å². The Labute approximate surface area is 105 Å². The first-order valence-corrected chi connectivity index (χ1v) is 6.42. The van der Waals surface area contributed by atoms with Crippen molar-refractivity contribution in [1.29, 1.82) is 0 Å². The topological polar surface area (TPSA) is 24.5 Å². The van der Waals surface area contributed by atoms with Gasteiger partial charge in [-0.3, -0.25) is 5.32 Å². The Morgan fingerprint density at radius 3 is 2.75 bits per heavy atom. The normalized spacial score (nSPS) is 15.5. The average Bonchev–Trinajstić information content (AvgIpc) is 2.79. The summed E-state index contributed by atoms with van der Waals surface area (Å²) in [5.74, 6) is 0.908. The predicted octanol–water partition coefficient (Wildman–Crippen LogP) is 2.61. The molecular weight excluding hydrogens is 268 g/mol. The molecule has 2 rings (SSSR count). The summed E-state index contributed by atoms with van der Waals surface area (Å²) in [5.41, 5.74) is 1.25. The molecule has 0 amide bonds. The van der Waals surface area contributed by atoms with Crippen molar-refractivity contribution in [3.05, 3.63) is 22.7 Å². The highest BCUT2D eigenvalue weighted by Gasteiger charge is 2.13. The predicted molar refractivity (Wildman–Crippen MR) is 70.1 cm³/mol. The lowest BCUT2D eigenvalue weighted by Gasteiger charge is -2.19. The van der Waals surface area contributed by atoms with Crippen LogP contribution >= 0.6 is 15.9 Å². The lowest BCUT2D eigenvalue weighted by Crippen LogP contribution is -2.18. The number of benzene rings is 1. The van der Waals surface area contributed by atoms with Gasteiger partial charge in [-0.15, -0.1) is 0 Å². The van der Waals surface area contributed by atoms with Crippen LogP contribution in [0.3, 0.4) is 0 Å². The summed E-state index contributed by atoms with van der Waals surface area (Å²) >= 11 is 3.52. The van der Waals surface area contributed by atoms with Crippen LogP contribution in [0.5, 0.6) is 5.75 Å². The maximum absolute atomic E-state index is 5.57. The highest BCUT2D eigenvalue weighted by molar-refractivity contribution is 9.10. The zero-order chi connectivity index (χ0) is 11.4. The van der Waals surface area contributed by atoms with E-state index in [0.717, 1.165) is 23.3 Å². The number of ether oxygens (including phenoxy) is 1. The van der Waals surface area contributed by atoms with E-state index in [4.69, 9.17) is 4.74 Å². The molecule has 3 nitrogen and oxygen atoms in total. The number of anilines is 1. The van der Waals surface area contributed by atoms with E-state index in [2.05, 4.69) is 38.3 Å². The van der Waals surface area contributed by atoms with Crippen LogP contribution in [0, 0.1) is 0 Å². The molecule has 1 aliphatic rings. The zero-order valence-electron chi connectivity index (χ0n) is 9.50. The van der Waals surface area contributed by atoms with Gasteiger partial charge in [0.15, 0.2) is 0 Å². The number of hydrogen-bond donors (Lipinski definition) is 1. The summed E-state index contributed by atoms with van der Waals surface area (Å²) < 4.78 is 6.64. The van der Waals surface area contributed by atoms with Crippen molar-refractivity contribution in [1.82, 2.24) is 5.32 Å². The summed E-state index contributed by atoms with van der Waals surface area (Å²) in [5, 5.41) is 2.97. The fourth-order valence-electron chi connectivity index (χ4n) is 1.94. The van der Waals surface area contributed by atoms with Crippen molar-refractivity contribution in [2.24, 2.45) is 0 Å². The zero-order valence-corrected chi connectivity index (χ0v) is 11.1. The number of nitrogens with one attached hydrogen (secondary N) is 1. The fourth-order valence-corrected chi connectivity index (χ4v) is 2.40. The number of halogens is 1. The lowest BCUT2D eigenvalue weighted by molar-refractivity contribution is 0.296. The molecule has 1 fully saturated rings. The van der Waals surface area contributed by atoms with Crippen LogP contribution < -0.4 is 15.0 Å². The third-order valence-corrected chi connectivity index (χ3v) is 3.17. The fraction of sp³-hybridized carbons (Fsp3) is 0.500. The van der Waals surface area contributed by atoms with E-state index in [-0.39, 0.29) is 0 Å². The summed E-state index contributed by atoms with van der Waals surface area (Å²) in [6, 6.07) is 6.25. The lowest BCUT2D eigenvalue weighted by atomic mass is 10.3. The van der Waals surface area contributed by atoms with Crippen LogP contribution in [-0.4, -0.2) is 26.9 Å². The molecule has 1 aliphatic heterocycles. The first-order valence-electron chi connectivity index (χ1n) is 5.62. The molecule has 1 aromatic rings. The smallest absolute Gasteiger partial charge is 0.139 e. The average molecular weight is 285 g/mol. The third kappa shape index (κ3) is 2.89. The van der Waals surface area contributed by atoms with Gasteiger partial charge in [0.05, 0.1) is 0 Å². The van der Waals surface area contributed by atoms with Crippen LogP contribution in [0.4, 0.5) is 5.69 Å². The molecule has 0 spiro atoms. The summed E-state index contributed by atoms with van der Waals surface area (Å²) in [6.07, 6.45) is 2.58. The molecule has 1 heterocycles. The minimum absolute atomic E-state index is 0.538. The molecular formula is C12H17BrN2O. The molecule has 1 N–H and O–H groups in total. The van der Waals surface area contributed by atoms with Crippen LogP contribution in [-0.2, 0) is 0 Å². The molecule has 0 aliphatic carbocycles. The van der Waals surface area contributed by atoms with Gasteiger partial charge < -0.3 is 9.64 Å². The third-order valence-electron chi connectivity index (χ3n) is 2.71. The maximum atomic E-state index is 5.57. The van der Waals surface area contributed by atoms with Crippen LogP contribution in [0.15, 0.2) is 22.7 Å². The monoisotopic (exact) mass is 284 g/mol. The minimum atomic E-state index is 0.538.